The highest BCUT2D eigenvalue weighted by atomic mass is 16.6. The summed E-state index contributed by atoms with van der Waals surface area (Å²) in [6.07, 6.45) is 0.979. The Morgan fingerprint density at radius 1 is 1.44 bits per heavy atom. The van der Waals surface area contributed by atoms with Gasteiger partial charge in [-0.3, -0.25) is 0 Å². The molecule has 1 unspecified atom stereocenters. The first-order valence-corrected chi connectivity index (χ1v) is 3.28. The SMILES string of the molecule is NC1COC2(COC2)C1. The van der Waals surface area contributed by atoms with Crippen LogP contribution in [0.4, 0.5) is 0 Å². The summed E-state index contributed by atoms with van der Waals surface area (Å²) in [4.78, 5) is 0. The lowest BCUT2D eigenvalue weighted by Gasteiger charge is -2.36. The molecule has 2 rings (SSSR count). The van der Waals surface area contributed by atoms with Crippen molar-refractivity contribution in [2.24, 2.45) is 5.73 Å². The minimum Gasteiger partial charge on any atom is -0.375 e. The average Bonchev–Trinajstić information content (AvgIpc) is 2.09. The van der Waals surface area contributed by atoms with E-state index in [0.717, 1.165) is 19.6 Å². The third-order valence-corrected chi connectivity index (χ3v) is 1.97. The largest absolute Gasteiger partial charge is 0.375 e. The highest BCUT2D eigenvalue weighted by molar-refractivity contribution is 4.95. The van der Waals surface area contributed by atoms with Crippen molar-refractivity contribution < 1.29 is 9.47 Å². The van der Waals surface area contributed by atoms with Gasteiger partial charge in [-0.05, 0) is 6.42 Å². The molecule has 2 aliphatic rings. The molecule has 2 heterocycles. The first-order chi connectivity index (χ1) is 4.31. The fourth-order valence-electron chi connectivity index (χ4n) is 1.41. The van der Waals surface area contributed by atoms with Crippen LogP contribution in [0.2, 0.25) is 0 Å². The number of hydrogen-bond donors (Lipinski definition) is 1. The van der Waals surface area contributed by atoms with Crippen LogP contribution in [0.1, 0.15) is 6.42 Å². The maximum Gasteiger partial charge on any atom is 0.116 e. The van der Waals surface area contributed by atoms with E-state index in [1.54, 1.807) is 0 Å². The van der Waals surface area contributed by atoms with Gasteiger partial charge in [0.15, 0.2) is 0 Å². The van der Waals surface area contributed by atoms with Crippen LogP contribution in [0.25, 0.3) is 0 Å². The average molecular weight is 129 g/mol. The highest BCUT2D eigenvalue weighted by Crippen LogP contribution is 2.31. The maximum atomic E-state index is 5.64. The summed E-state index contributed by atoms with van der Waals surface area (Å²) < 4.78 is 10.5. The number of ether oxygens (including phenoxy) is 2. The van der Waals surface area contributed by atoms with Crippen molar-refractivity contribution in [2.75, 3.05) is 19.8 Å². The van der Waals surface area contributed by atoms with Crippen molar-refractivity contribution in [3.05, 3.63) is 0 Å². The van der Waals surface area contributed by atoms with Gasteiger partial charge >= 0.3 is 0 Å². The third-order valence-electron chi connectivity index (χ3n) is 1.97. The Kier molecular flexibility index (Phi) is 1.06. The second kappa shape index (κ2) is 1.68. The van der Waals surface area contributed by atoms with Crippen molar-refractivity contribution in [1.82, 2.24) is 0 Å². The molecule has 1 atom stereocenters. The standard InChI is InChI=1S/C6H11NO2/c7-5-1-6(9-2-5)3-8-4-6/h5H,1-4,7H2. The zero-order valence-corrected chi connectivity index (χ0v) is 5.30. The second-order valence-electron chi connectivity index (χ2n) is 2.95. The van der Waals surface area contributed by atoms with Gasteiger partial charge in [-0.15, -0.1) is 0 Å². The molecule has 9 heavy (non-hydrogen) atoms. The van der Waals surface area contributed by atoms with Crippen LogP contribution in [-0.4, -0.2) is 31.5 Å². The Morgan fingerprint density at radius 3 is 2.44 bits per heavy atom. The van der Waals surface area contributed by atoms with Crippen LogP contribution < -0.4 is 5.73 Å². The van der Waals surface area contributed by atoms with Crippen LogP contribution >= 0.6 is 0 Å². The van der Waals surface area contributed by atoms with E-state index >= 15 is 0 Å². The molecule has 0 aliphatic carbocycles. The molecule has 2 saturated heterocycles. The fraction of sp³-hybridized carbons (Fsp3) is 1.00. The van der Waals surface area contributed by atoms with Gasteiger partial charge in [0.05, 0.1) is 19.8 Å². The van der Waals surface area contributed by atoms with E-state index in [9.17, 15) is 0 Å². The molecule has 52 valence electrons. The Bertz CT molecular complexity index is 122. The van der Waals surface area contributed by atoms with E-state index in [2.05, 4.69) is 0 Å². The number of hydrogen-bond acceptors (Lipinski definition) is 3. The molecule has 0 bridgehead atoms. The molecular weight excluding hydrogens is 118 g/mol. The normalized spacial score (nSPS) is 39.0. The lowest BCUT2D eigenvalue weighted by molar-refractivity contribution is -0.184. The summed E-state index contributed by atoms with van der Waals surface area (Å²) in [6, 6.07) is 0.244. The minimum absolute atomic E-state index is 0.0411. The molecular formula is C6H11NO2. The van der Waals surface area contributed by atoms with Gasteiger partial charge in [0.1, 0.15) is 5.60 Å². The Labute approximate surface area is 54.1 Å². The van der Waals surface area contributed by atoms with Crippen molar-refractivity contribution in [3.63, 3.8) is 0 Å². The molecule has 2 N–H and O–H groups in total. The Morgan fingerprint density at radius 2 is 2.22 bits per heavy atom. The summed E-state index contributed by atoms with van der Waals surface area (Å²) in [5.41, 5.74) is 5.68. The lowest BCUT2D eigenvalue weighted by atomic mass is 9.97. The summed E-state index contributed by atoms with van der Waals surface area (Å²) in [5, 5.41) is 0. The summed E-state index contributed by atoms with van der Waals surface area (Å²) >= 11 is 0. The number of rotatable bonds is 0. The number of nitrogens with two attached hydrogens (primary N) is 1. The van der Waals surface area contributed by atoms with Gasteiger partial charge in [-0.2, -0.15) is 0 Å². The van der Waals surface area contributed by atoms with E-state index in [4.69, 9.17) is 15.2 Å². The van der Waals surface area contributed by atoms with Crippen LogP contribution in [0, 0.1) is 0 Å². The Balaban J connectivity index is 1.99. The molecule has 0 amide bonds. The second-order valence-corrected chi connectivity index (χ2v) is 2.95. The van der Waals surface area contributed by atoms with Gasteiger partial charge in [-0.1, -0.05) is 0 Å². The lowest BCUT2D eigenvalue weighted by Crippen LogP contribution is -2.49. The topological polar surface area (TPSA) is 44.5 Å². The van der Waals surface area contributed by atoms with Crippen molar-refractivity contribution in [3.8, 4) is 0 Å². The molecule has 3 nitrogen and oxygen atoms in total. The van der Waals surface area contributed by atoms with E-state index in [0.29, 0.717) is 6.61 Å². The predicted octanol–water partition coefficient (Wildman–Crippen LogP) is -0.497. The zero-order chi connectivity index (χ0) is 6.32. The van der Waals surface area contributed by atoms with E-state index in [1.165, 1.54) is 0 Å². The minimum atomic E-state index is 0.0411. The van der Waals surface area contributed by atoms with E-state index < -0.39 is 0 Å². The zero-order valence-electron chi connectivity index (χ0n) is 5.30. The molecule has 0 aromatic carbocycles. The summed E-state index contributed by atoms with van der Waals surface area (Å²) in [5.74, 6) is 0. The van der Waals surface area contributed by atoms with Gasteiger partial charge in [0.2, 0.25) is 0 Å². The fourth-order valence-corrected chi connectivity index (χ4v) is 1.41. The predicted molar refractivity (Wildman–Crippen MR) is 32.1 cm³/mol. The van der Waals surface area contributed by atoms with Crippen molar-refractivity contribution >= 4 is 0 Å². The molecule has 2 aliphatic heterocycles. The van der Waals surface area contributed by atoms with E-state index in [1.807, 2.05) is 0 Å². The van der Waals surface area contributed by atoms with Gasteiger partial charge in [0, 0.05) is 6.04 Å². The molecule has 3 heteroatoms. The van der Waals surface area contributed by atoms with Crippen LogP contribution in [0.3, 0.4) is 0 Å². The molecule has 0 aromatic rings. The van der Waals surface area contributed by atoms with Gasteiger partial charge < -0.3 is 15.2 Å². The molecule has 0 radical (unpaired) electrons. The maximum absolute atomic E-state index is 5.64. The van der Waals surface area contributed by atoms with E-state index in [-0.39, 0.29) is 11.6 Å². The smallest absolute Gasteiger partial charge is 0.116 e. The summed E-state index contributed by atoms with van der Waals surface area (Å²) in [7, 11) is 0. The molecule has 0 saturated carbocycles. The van der Waals surface area contributed by atoms with Crippen molar-refractivity contribution in [1.29, 1.82) is 0 Å². The quantitative estimate of drug-likeness (QED) is 0.479. The van der Waals surface area contributed by atoms with Crippen LogP contribution in [0.5, 0.6) is 0 Å². The monoisotopic (exact) mass is 129 g/mol. The summed E-state index contributed by atoms with van der Waals surface area (Å²) in [6.45, 7) is 2.21. The molecule has 0 aromatic heterocycles. The van der Waals surface area contributed by atoms with Crippen LogP contribution in [0.15, 0.2) is 0 Å². The molecule has 2 fully saturated rings. The van der Waals surface area contributed by atoms with Gasteiger partial charge in [-0.25, -0.2) is 0 Å². The molecule has 1 spiro atoms. The van der Waals surface area contributed by atoms with Crippen molar-refractivity contribution in [2.45, 2.75) is 18.1 Å². The first-order valence-electron chi connectivity index (χ1n) is 3.28. The third kappa shape index (κ3) is 0.764. The van der Waals surface area contributed by atoms with Crippen LogP contribution in [-0.2, 0) is 9.47 Å². The highest BCUT2D eigenvalue weighted by Gasteiger charge is 2.45. The van der Waals surface area contributed by atoms with Gasteiger partial charge in [0.25, 0.3) is 0 Å². The Hall–Kier alpha value is -0.120. The first kappa shape index (κ1) is 5.65.